The van der Waals surface area contributed by atoms with Crippen LogP contribution in [0.25, 0.3) is 5.69 Å². The van der Waals surface area contributed by atoms with E-state index in [1.165, 1.54) is 42.2 Å². The first-order valence-electron chi connectivity index (χ1n) is 10.00. The van der Waals surface area contributed by atoms with Crippen LogP contribution >= 0.6 is 11.8 Å². The Kier molecular flexibility index (Phi) is 5.94. The fourth-order valence-corrected chi connectivity index (χ4v) is 4.44. The van der Waals surface area contributed by atoms with E-state index in [1.807, 2.05) is 38.1 Å². The van der Waals surface area contributed by atoms with Gasteiger partial charge in [0.2, 0.25) is 11.1 Å². The zero-order valence-corrected chi connectivity index (χ0v) is 17.6. The molecule has 1 aliphatic carbocycles. The van der Waals surface area contributed by atoms with Crippen LogP contribution in [0.4, 0.5) is 0 Å². The molecular weight excluding hydrogens is 382 g/mol. The molecule has 0 unspecified atom stereocenters. The summed E-state index contributed by atoms with van der Waals surface area (Å²) >= 11 is 1.34. The van der Waals surface area contributed by atoms with Crippen molar-refractivity contribution in [1.82, 2.24) is 25.5 Å². The molecule has 4 rings (SSSR count). The van der Waals surface area contributed by atoms with Crippen LogP contribution in [-0.2, 0) is 17.6 Å². The molecule has 0 spiro atoms. The van der Waals surface area contributed by atoms with Gasteiger partial charge in [-0.1, -0.05) is 48.2 Å². The maximum atomic E-state index is 12.5. The van der Waals surface area contributed by atoms with Gasteiger partial charge in [-0.05, 0) is 78.3 Å². The predicted octanol–water partition coefficient (Wildman–Crippen LogP) is 3.82. The number of fused-ring (bicyclic) bond motifs is 1. The average Bonchev–Trinajstić information content (AvgIpc) is 3.20. The lowest BCUT2D eigenvalue weighted by Gasteiger charge is -2.20. The van der Waals surface area contributed by atoms with Crippen LogP contribution in [0.3, 0.4) is 0 Å². The number of amides is 1. The standard InChI is InChI=1S/C22H25N5OS/c1-15-7-3-6-10-20(15)27-22(24-25-26-27)29-14-21(28)23-16(2)18-12-11-17-8-4-5-9-19(17)13-18/h3,6-7,10-13,16H,4-5,8-9,14H2,1-2H3,(H,23,28)/t16-/m1/s1. The van der Waals surface area contributed by atoms with Crippen molar-refractivity contribution < 1.29 is 4.79 Å². The van der Waals surface area contributed by atoms with E-state index in [-0.39, 0.29) is 17.7 Å². The van der Waals surface area contributed by atoms with Gasteiger partial charge in [-0.3, -0.25) is 4.79 Å². The Morgan fingerprint density at radius 1 is 1.17 bits per heavy atom. The van der Waals surface area contributed by atoms with E-state index in [4.69, 9.17) is 0 Å². The molecule has 0 fully saturated rings. The summed E-state index contributed by atoms with van der Waals surface area (Å²) in [6.45, 7) is 4.04. The lowest BCUT2D eigenvalue weighted by atomic mass is 9.89. The van der Waals surface area contributed by atoms with E-state index in [1.54, 1.807) is 4.68 Å². The van der Waals surface area contributed by atoms with Gasteiger partial charge in [-0.25, -0.2) is 0 Å². The van der Waals surface area contributed by atoms with Gasteiger partial charge in [-0.2, -0.15) is 4.68 Å². The molecule has 6 nitrogen and oxygen atoms in total. The number of nitrogens with zero attached hydrogens (tertiary/aromatic N) is 4. The molecule has 0 radical (unpaired) electrons. The number of aryl methyl sites for hydroxylation is 3. The number of para-hydroxylation sites is 1. The van der Waals surface area contributed by atoms with Gasteiger partial charge < -0.3 is 5.32 Å². The molecule has 2 aromatic carbocycles. The number of rotatable bonds is 6. The summed E-state index contributed by atoms with van der Waals surface area (Å²) < 4.78 is 1.68. The van der Waals surface area contributed by atoms with Crippen LogP contribution in [-0.4, -0.2) is 31.9 Å². The molecule has 150 valence electrons. The minimum atomic E-state index is -0.0282. The fraction of sp³-hybridized carbons (Fsp3) is 0.364. The van der Waals surface area contributed by atoms with Crippen LogP contribution in [0.1, 0.15) is 48.1 Å². The second-order valence-electron chi connectivity index (χ2n) is 7.47. The molecule has 29 heavy (non-hydrogen) atoms. The van der Waals surface area contributed by atoms with Crippen molar-refractivity contribution in [2.75, 3.05) is 5.75 Å². The molecule has 1 aliphatic rings. The normalized spacial score (nSPS) is 14.3. The molecule has 3 aromatic rings. The van der Waals surface area contributed by atoms with Crippen LogP contribution in [0, 0.1) is 6.92 Å². The number of thioether (sulfide) groups is 1. The van der Waals surface area contributed by atoms with Crippen molar-refractivity contribution >= 4 is 17.7 Å². The van der Waals surface area contributed by atoms with Crippen LogP contribution in [0.2, 0.25) is 0 Å². The zero-order chi connectivity index (χ0) is 20.2. The van der Waals surface area contributed by atoms with Gasteiger partial charge in [-0.15, -0.1) is 5.10 Å². The molecule has 7 heteroatoms. The highest BCUT2D eigenvalue weighted by atomic mass is 32.2. The van der Waals surface area contributed by atoms with E-state index in [9.17, 15) is 4.79 Å². The molecule has 1 N–H and O–H groups in total. The summed E-state index contributed by atoms with van der Waals surface area (Å²) in [4.78, 5) is 12.5. The highest BCUT2D eigenvalue weighted by molar-refractivity contribution is 7.99. The van der Waals surface area contributed by atoms with Crippen molar-refractivity contribution in [1.29, 1.82) is 0 Å². The van der Waals surface area contributed by atoms with E-state index < -0.39 is 0 Å². The molecule has 0 saturated heterocycles. The minimum Gasteiger partial charge on any atom is -0.349 e. The van der Waals surface area contributed by atoms with E-state index >= 15 is 0 Å². The lowest BCUT2D eigenvalue weighted by molar-refractivity contribution is -0.119. The first-order valence-corrected chi connectivity index (χ1v) is 11.0. The number of carbonyl (C=O) groups is 1. The van der Waals surface area contributed by atoms with Gasteiger partial charge in [0.1, 0.15) is 0 Å². The van der Waals surface area contributed by atoms with Crippen LogP contribution in [0.15, 0.2) is 47.6 Å². The first-order chi connectivity index (χ1) is 14.1. The summed E-state index contributed by atoms with van der Waals surface area (Å²) in [6, 6.07) is 14.5. The van der Waals surface area contributed by atoms with Crippen molar-refractivity contribution in [3.8, 4) is 5.69 Å². The second kappa shape index (κ2) is 8.78. The summed E-state index contributed by atoms with van der Waals surface area (Å²) in [5, 5.41) is 15.6. The topological polar surface area (TPSA) is 72.7 Å². The van der Waals surface area contributed by atoms with Gasteiger partial charge in [0.15, 0.2) is 0 Å². The number of tetrazole rings is 1. The number of hydrogen-bond donors (Lipinski definition) is 1. The molecule has 0 saturated carbocycles. The molecule has 0 aliphatic heterocycles. The molecular formula is C22H25N5OS. The Balaban J connectivity index is 1.38. The van der Waals surface area contributed by atoms with Gasteiger partial charge in [0.25, 0.3) is 0 Å². The summed E-state index contributed by atoms with van der Waals surface area (Å²) in [5.41, 5.74) is 6.04. The third kappa shape index (κ3) is 4.50. The lowest BCUT2D eigenvalue weighted by Crippen LogP contribution is -2.28. The fourth-order valence-electron chi connectivity index (χ4n) is 3.74. The van der Waals surface area contributed by atoms with Gasteiger partial charge in [0, 0.05) is 0 Å². The smallest absolute Gasteiger partial charge is 0.230 e. The quantitative estimate of drug-likeness (QED) is 0.629. The monoisotopic (exact) mass is 407 g/mol. The first kappa shape index (κ1) is 19.6. The molecule has 0 bridgehead atoms. The van der Waals surface area contributed by atoms with Gasteiger partial charge in [0.05, 0.1) is 17.5 Å². The molecule has 1 atom stereocenters. The Hall–Kier alpha value is -2.67. The highest BCUT2D eigenvalue weighted by Crippen LogP contribution is 2.25. The molecule has 1 aromatic heterocycles. The second-order valence-corrected chi connectivity index (χ2v) is 8.42. The maximum Gasteiger partial charge on any atom is 0.230 e. The summed E-state index contributed by atoms with van der Waals surface area (Å²) in [5.74, 6) is 0.237. The minimum absolute atomic E-state index is 0.0253. The Morgan fingerprint density at radius 3 is 2.79 bits per heavy atom. The van der Waals surface area contributed by atoms with Gasteiger partial charge >= 0.3 is 0 Å². The molecule has 1 heterocycles. The Morgan fingerprint density at radius 2 is 1.97 bits per heavy atom. The van der Waals surface area contributed by atoms with E-state index in [0.717, 1.165) is 23.2 Å². The van der Waals surface area contributed by atoms with Crippen molar-refractivity contribution in [3.05, 3.63) is 64.7 Å². The van der Waals surface area contributed by atoms with Crippen molar-refractivity contribution in [2.45, 2.75) is 50.7 Å². The average molecular weight is 408 g/mol. The number of hydrogen-bond acceptors (Lipinski definition) is 5. The van der Waals surface area contributed by atoms with E-state index in [2.05, 4.69) is 39.0 Å². The number of aromatic nitrogens is 4. The molecule has 1 amide bonds. The number of nitrogens with one attached hydrogen (secondary N) is 1. The highest BCUT2D eigenvalue weighted by Gasteiger charge is 2.16. The Bertz CT molecular complexity index is 1020. The summed E-state index contributed by atoms with van der Waals surface area (Å²) in [6.07, 6.45) is 4.84. The number of carbonyl (C=O) groups excluding carboxylic acids is 1. The van der Waals surface area contributed by atoms with Crippen molar-refractivity contribution in [2.24, 2.45) is 0 Å². The number of benzene rings is 2. The predicted molar refractivity (Wildman–Crippen MR) is 114 cm³/mol. The van der Waals surface area contributed by atoms with Crippen molar-refractivity contribution in [3.63, 3.8) is 0 Å². The summed E-state index contributed by atoms with van der Waals surface area (Å²) in [7, 11) is 0. The SMILES string of the molecule is Cc1ccccc1-n1nnnc1SCC(=O)N[C@H](C)c1ccc2c(c1)CCCC2. The van der Waals surface area contributed by atoms with E-state index in [0.29, 0.717) is 5.16 Å². The maximum absolute atomic E-state index is 12.5. The van der Waals surface area contributed by atoms with Crippen LogP contribution < -0.4 is 5.32 Å². The largest absolute Gasteiger partial charge is 0.349 e. The third-order valence-electron chi connectivity index (χ3n) is 5.37. The zero-order valence-electron chi connectivity index (χ0n) is 16.8. The Labute approximate surface area is 175 Å². The van der Waals surface area contributed by atoms with Crippen LogP contribution in [0.5, 0.6) is 0 Å². The third-order valence-corrected chi connectivity index (χ3v) is 6.29.